The van der Waals surface area contributed by atoms with Gasteiger partial charge in [0.2, 0.25) is 5.91 Å². The molecule has 0 radical (unpaired) electrons. The Bertz CT molecular complexity index is 421. The highest BCUT2D eigenvalue weighted by Crippen LogP contribution is 2.30. The second kappa shape index (κ2) is 6.45. The molecule has 1 saturated heterocycles. The van der Waals surface area contributed by atoms with E-state index in [-0.39, 0.29) is 17.2 Å². The number of nitrogens with one attached hydrogen (secondary N) is 2. The van der Waals surface area contributed by atoms with E-state index in [1.54, 1.807) is 0 Å². The van der Waals surface area contributed by atoms with Crippen molar-refractivity contribution in [2.45, 2.75) is 29.5 Å². The maximum atomic E-state index is 12.0. The van der Waals surface area contributed by atoms with Crippen molar-refractivity contribution in [2.75, 3.05) is 13.1 Å². The van der Waals surface area contributed by atoms with Gasteiger partial charge in [-0.25, -0.2) is 0 Å². The molecule has 2 atom stereocenters. The average molecular weight is 285 g/mol. The third kappa shape index (κ3) is 3.64. The van der Waals surface area contributed by atoms with Gasteiger partial charge in [-0.3, -0.25) is 4.79 Å². The molecule has 0 spiro atoms. The number of hydrogen-bond donors (Lipinski definition) is 2. The number of thioether (sulfide) groups is 1. The first-order valence-corrected chi connectivity index (χ1v) is 7.35. The minimum Gasteiger partial charge on any atom is -0.351 e. The van der Waals surface area contributed by atoms with Crippen molar-refractivity contribution in [1.82, 2.24) is 10.6 Å². The summed E-state index contributed by atoms with van der Waals surface area (Å²) in [5, 5.41) is 6.85. The molecule has 1 fully saturated rings. The first-order valence-electron chi connectivity index (χ1n) is 6.09. The van der Waals surface area contributed by atoms with Gasteiger partial charge in [-0.1, -0.05) is 23.7 Å². The van der Waals surface area contributed by atoms with E-state index in [0.29, 0.717) is 5.02 Å². The molecule has 1 aromatic rings. The van der Waals surface area contributed by atoms with E-state index in [0.717, 1.165) is 24.4 Å². The lowest BCUT2D eigenvalue weighted by Gasteiger charge is -2.16. The quantitative estimate of drug-likeness (QED) is 0.834. The van der Waals surface area contributed by atoms with Gasteiger partial charge >= 0.3 is 0 Å². The van der Waals surface area contributed by atoms with Crippen LogP contribution in [0, 0.1) is 0 Å². The van der Waals surface area contributed by atoms with Crippen molar-refractivity contribution in [3.05, 3.63) is 29.3 Å². The standard InChI is InChI=1S/C13H17ClN2OS/c1-9(13(17)16-10-6-7-15-8-10)18-12-5-3-2-4-11(12)14/h2-5,9-10,15H,6-8H2,1H3,(H,16,17). The fourth-order valence-corrected chi connectivity index (χ4v) is 3.04. The van der Waals surface area contributed by atoms with Crippen LogP contribution < -0.4 is 10.6 Å². The predicted octanol–water partition coefficient (Wildman–Crippen LogP) is 2.30. The van der Waals surface area contributed by atoms with Gasteiger partial charge in [-0.05, 0) is 32.0 Å². The third-order valence-corrected chi connectivity index (χ3v) is 4.54. The summed E-state index contributed by atoms with van der Waals surface area (Å²) in [5.41, 5.74) is 0. The smallest absolute Gasteiger partial charge is 0.233 e. The molecule has 0 saturated carbocycles. The molecule has 1 aliphatic heterocycles. The van der Waals surface area contributed by atoms with Crippen molar-refractivity contribution in [1.29, 1.82) is 0 Å². The zero-order chi connectivity index (χ0) is 13.0. The van der Waals surface area contributed by atoms with Crippen LogP contribution in [0.4, 0.5) is 0 Å². The van der Waals surface area contributed by atoms with E-state index < -0.39 is 0 Å². The lowest BCUT2D eigenvalue weighted by atomic mass is 10.2. The lowest BCUT2D eigenvalue weighted by Crippen LogP contribution is -2.40. The molecule has 0 bridgehead atoms. The molecule has 2 unspecified atom stereocenters. The topological polar surface area (TPSA) is 41.1 Å². The van der Waals surface area contributed by atoms with Crippen LogP contribution in [0.5, 0.6) is 0 Å². The highest BCUT2D eigenvalue weighted by Gasteiger charge is 2.21. The first kappa shape index (κ1) is 13.7. The van der Waals surface area contributed by atoms with Crippen molar-refractivity contribution in [2.24, 2.45) is 0 Å². The molecular formula is C13H17ClN2OS. The van der Waals surface area contributed by atoms with Gasteiger partial charge < -0.3 is 10.6 Å². The van der Waals surface area contributed by atoms with Gasteiger partial charge in [0.05, 0.1) is 10.3 Å². The van der Waals surface area contributed by atoms with Crippen molar-refractivity contribution >= 4 is 29.3 Å². The number of halogens is 1. The number of carbonyl (C=O) groups excluding carboxylic acids is 1. The fourth-order valence-electron chi connectivity index (χ4n) is 1.88. The molecule has 18 heavy (non-hydrogen) atoms. The normalized spacial score (nSPS) is 20.7. The number of carbonyl (C=O) groups is 1. The largest absolute Gasteiger partial charge is 0.351 e. The third-order valence-electron chi connectivity index (χ3n) is 2.92. The highest BCUT2D eigenvalue weighted by molar-refractivity contribution is 8.00. The van der Waals surface area contributed by atoms with Crippen LogP contribution in [0.1, 0.15) is 13.3 Å². The molecule has 1 aromatic carbocycles. The van der Waals surface area contributed by atoms with Gasteiger partial charge in [-0.2, -0.15) is 0 Å². The zero-order valence-corrected chi connectivity index (χ0v) is 11.9. The highest BCUT2D eigenvalue weighted by atomic mass is 35.5. The number of rotatable bonds is 4. The number of hydrogen-bond acceptors (Lipinski definition) is 3. The summed E-state index contributed by atoms with van der Waals surface area (Å²) in [7, 11) is 0. The van der Waals surface area contributed by atoms with Crippen LogP contribution in [0.3, 0.4) is 0 Å². The second-order valence-corrected chi connectivity index (χ2v) is 6.18. The Morgan fingerprint density at radius 1 is 1.56 bits per heavy atom. The minimum atomic E-state index is -0.134. The van der Waals surface area contributed by atoms with E-state index in [1.807, 2.05) is 31.2 Å². The molecule has 2 rings (SSSR count). The summed E-state index contributed by atoms with van der Waals surface area (Å²) in [6.45, 7) is 3.76. The van der Waals surface area contributed by atoms with Crippen LogP contribution in [0.15, 0.2) is 29.2 Å². The summed E-state index contributed by atoms with van der Waals surface area (Å²) in [6, 6.07) is 7.87. The molecule has 1 amide bonds. The Kier molecular flexibility index (Phi) is 4.92. The maximum absolute atomic E-state index is 12.0. The van der Waals surface area contributed by atoms with Gasteiger partial charge in [0, 0.05) is 17.5 Å². The minimum absolute atomic E-state index is 0.0774. The molecule has 3 nitrogen and oxygen atoms in total. The summed E-state index contributed by atoms with van der Waals surface area (Å²) < 4.78 is 0. The van der Waals surface area contributed by atoms with Gasteiger partial charge in [0.1, 0.15) is 0 Å². The Hall–Kier alpha value is -0.710. The summed E-state index contributed by atoms with van der Waals surface area (Å²) in [5.74, 6) is 0.0774. The molecule has 1 aliphatic rings. The van der Waals surface area contributed by atoms with Crippen LogP contribution in [0.25, 0.3) is 0 Å². The van der Waals surface area contributed by atoms with Crippen LogP contribution >= 0.6 is 23.4 Å². The summed E-state index contributed by atoms with van der Waals surface area (Å²) in [4.78, 5) is 13.0. The van der Waals surface area contributed by atoms with E-state index in [2.05, 4.69) is 10.6 Å². The summed E-state index contributed by atoms with van der Waals surface area (Å²) in [6.07, 6.45) is 1.01. The van der Waals surface area contributed by atoms with Crippen LogP contribution in [0.2, 0.25) is 5.02 Å². The molecule has 5 heteroatoms. The van der Waals surface area contributed by atoms with E-state index in [9.17, 15) is 4.79 Å². The number of amides is 1. The van der Waals surface area contributed by atoms with Crippen LogP contribution in [-0.4, -0.2) is 30.3 Å². The van der Waals surface area contributed by atoms with Gasteiger partial charge in [0.15, 0.2) is 0 Å². The Morgan fingerprint density at radius 3 is 3.00 bits per heavy atom. The Morgan fingerprint density at radius 2 is 2.33 bits per heavy atom. The van der Waals surface area contributed by atoms with Crippen LogP contribution in [-0.2, 0) is 4.79 Å². The van der Waals surface area contributed by atoms with Gasteiger partial charge in [-0.15, -0.1) is 11.8 Å². The molecule has 0 aromatic heterocycles. The zero-order valence-electron chi connectivity index (χ0n) is 10.3. The SMILES string of the molecule is CC(Sc1ccccc1Cl)C(=O)NC1CCNC1. The molecule has 1 heterocycles. The van der Waals surface area contributed by atoms with Gasteiger partial charge in [0.25, 0.3) is 0 Å². The van der Waals surface area contributed by atoms with E-state index in [4.69, 9.17) is 11.6 Å². The first-order chi connectivity index (χ1) is 8.66. The lowest BCUT2D eigenvalue weighted by molar-refractivity contribution is -0.120. The van der Waals surface area contributed by atoms with Crippen molar-refractivity contribution < 1.29 is 4.79 Å². The predicted molar refractivity (Wildman–Crippen MR) is 76.2 cm³/mol. The number of benzene rings is 1. The maximum Gasteiger partial charge on any atom is 0.233 e. The average Bonchev–Trinajstić information content (AvgIpc) is 2.84. The Labute approximate surface area is 117 Å². The van der Waals surface area contributed by atoms with Crippen molar-refractivity contribution in [3.8, 4) is 0 Å². The molecule has 0 aliphatic carbocycles. The fraction of sp³-hybridized carbons (Fsp3) is 0.462. The van der Waals surface area contributed by atoms with Crippen molar-refractivity contribution in [3.63, 3.8) is 0 Å². The van der Waals surface area contributed by atoms with E-state index in [1.165, 1.54) is 11.8 Å². The monoisotopic (exact) mass is 284 g/mol. The second-order valence-electron chi connectivity index (χ2n) is 4.39. The van der Waals surface area contributed by atoms with E-state index >= 15 is 0 Å². The molecular weight excluding hydrogens is 268 g/mol. The molecule has 98 valence electrons. The Balaban J connectivity index is 1.89. The summed E-state index contributed by atoms with van der Waals surface area (Å²) >= 11 is 7.58. The molecule has 2 N–H and O–H groups in total.